The van der Waals surface area contributed by atoms with E-state index < -0.39 is 10.0 Å². The summed E-state index contributed by atoms with van der Waals surface area (Å²) in [5.74, 6) is 2.10. The van der Waals surface area contributed by atoms with Crippen LogP contribution in [0.25, 0.3) is 9.75 Å². The fourth-order valence-electron chi connectivity index (χ4n) is 5.44. The SMILES string of the molecule is CCCCCc1ccc(S2(CC(CC)CCCC)c3cc(C)sc3-c3sc(C(C)(C)C)cc32)cc1. The third kappa shape index (κ3) is 5.34. The number of benzene rings is 1. The van der Waals surface area contributed by atoms with Crippen LogP contribution in [-0.2, 0) is 11.8 Å². The molecule has 0 bridgehead atoms. The number of hydrogen-bond acceptors (Lipinski definition) is 2. The van der Waals surface area contributed by atoms with Crippen molar-refractivity contribution in [3.63, 3.8) is 0 Å². The van der Waals surface area contributed by atoms with Crippen molar-refractivity contribution in [2.24, 2.45) is 5.92 Å². The third-order valence-corrected chi connectivity index (χ3v) is 14.9. The Hall–Kier alpha value is -1.03. The topological polar surface area (TPSA) is 0 Å². The maximum Gasteiger partial charge on any atom is 0.0584 e. The number of aryl methyl sites for hydroxylation is 2. The number of rotatable bonds is 11. The van der Waals surface area contributed by atoms with Crippen LogP contribution in [0.2, 0.25) is 0 Å². The fraction of sp³-hybridized carbons (Fsp3) is 0.562. The van der Waals surface area contributed by atoms with Crippen molar-refractivity contribution in [1.29, 1.82) is 0 Å². The minimum Gasteiger partial charge on any atom is -0.157 e. The lowest BCUT2D eigenvalue weighted by molar-refractivity contribution is 0.497. The van der Waals surface area contributed by atoms with Crippen LogP contribution < -0.4 is 0 Å². The van der Waals surface area contributed by atoms with E-state index in [0.29, 0.717) is 0 Å². The largest absolute Gasteiger partial charge is 0.157 e. The van der Waals surface area contributed by atoms with E-state index in [1.54, 1.807) is 29.3 Å². The van der Waals surface area contributed by atoms with Crippen molar-refractivity contribution in [2.75, 3.05) is 5.75 Å². The van der Waals surface area contributed by atoms with E-state index in [2.05, 4.69) is 96.2 Å². The molecule has 2 aromatic heterocycles. The molecule has 3 aromatic rings. The molecule has 1 aromatic carbocycles. The van der Waals surface area contributed by atoms with Crippen molar-refractivity contribution in [2.45, 2.75) is 120 Å². The average Bonchev–Trinajstić information content (AvgIpc) is 3.49. The van der Waals surface area contributed by atoms with Gasteiger partial charge in [0.15, 0.2) is 0 Å². The van der Waals surface area contributed by atoms with Gasteiger partial charge in [0.05, 0.1) is 9.75 Å². The maximum atomic E-state index is 2.64. The highest BCUT2D eigenvalue weighted by Crippen LogP contribution is 2.79. The third-order valence-electron chi connectivity index (χ3n) is 7.64. The first-order chi connectivity index (χ1) is 16.7. The predicted octanol–water partition coefficient (Wildman–Crippen LogP) is 11.6. The van der Waals surface area contributed by atoms with Gasteiger partial charge in [-0.15, -0.1) is 22.7 Å². The molecule has 3 heteroatoms. The van der Waals surface area contributed by atoms with Crippen LogP contribution in [0.15, 0.2) is 51.1 Å². The van der Waals surface area contributed by atoms with Gasteiger partial charge in [-0.05, 0) is 78.0 Å². The molecule has 0 saturated heterocycles. The van der Waals surface area contributed by atoms with Crippen molar-refractivity contribution in [1.82, 2.24) is 0 Å². The Balaban J connectivity index is 1.87. The molecule has 4 rings (SSSR count). The summed E-state index contributed by atoms with van der Waals surface area (Å²) in [5.41, 5.74) is 1.71. The van der Waals surface area contributed by atoms with Crippen LogP contribution in [0, 0.1) is 12.8 Å². The van der Waals surface area contributed by atoms with E-state index in [0.717, 1.165) is 5.92 Å². The van der Waals surface area contributed by atoms with Gasteiger partial charge in [0.2, 0.25) is 0 Å². The average molecular weight is 527 g/mol. The second-order valence-corrected chi connectivity index (χ2v) is 17.0. The smallest absolute Gasteiger partial charge is 0.0584 e. The summed E-state index contributed by atoms with van der Waals surface area (Å²) in [7, 11) is -1.24. The summed E-state index contributed by atoms with van der Waals surface area (Å²) in [5, 5.41) is 0. The first-order valence-corrected chi connectivity index (χ1v) is 17.3. The van der Waals surface area contributed by atoms with Gasteiger partial charge in [0.25, 0.3) is 0 Å². The highest BCUT2D eigenvalue weighted by molar-refractivity contribution is 8.34. The van der Waals surface area contributed by atoms with Gasteiger partial charge >= 0.3 is 0 Å². The lowest BCUT2D eigenvalue weighted by Gasteiger charge is -2.41. The molecule has 1 aliphatic rings. The lowest BCUT2D eigenvalue weighted by Crippen LogP contribution is -2.15. The van der Waals surface area contributed by atoms with Crippen LogP contribution >= 0.6 is 32.7 Å². The second-order valence-electron chi connectivity index (χ2n) is 11.5. The number of hydrogen-bond donors (Lipinski definition) is 0. The minimum absolute atomic E-state index is 0.197. The van der Waals surface area contributed by atoms with Crippen molar-refractivity contribution in [3.8, 4) is 9.75 Å². The first-order valence-electron chi connectivity index (χ1n) is 13.9. The Morgan fingerprint density at radius 1 is 0.829 bits per heavy atom. The van der Waals surface area contributed by atoms with E-state index in [4.69, 9.17) is 0 Å². The quantitative estimate of drug-likeness (QED) is 0.218. The molecule has 0 fully saturated rings. The van der Waals surface area contributed by atoms with E-state index in [-0.39, 0.29) is 5.41 Å². The van der Waals surface area contributed by atoms with Crippen molar-refractivity contribution >= 4 is 32.7 Å². The maximum absolute atomic E-state index is 2.64. The van der Waals surface area contributed by atoms with Gasteiger partial charge in [-0.3, -0.25) is 0 Å². The Morgan fingerprint density at radius 2 is 1.49 bits per heavy atom. The number of fused-ring (bicyclic) bond motifs is 3. The van der Waals surface area contributed by atoms with Crippen LogP contribution in [0.3, 0.4) is 0 Å². The highest BCUT2D eigenvalue weighted by Gasteiger charge is 2.45. The number of unbranched alkanes of at least 4 members (excludes halogenated alkanes) is 3. The molecular formula is C32H46S3. The fourth-order valence-corrected chi connectivity index (χ4v) is 13.5. The monoisotopic (exact) mass is 526 g/mol. The van der Waals surface area contributed by atoms with Crippen LogP contribution in [0.5, 0.6) is 0 Å². The summed E-state index contributed by atoms with van der Waals surface area (Å²) in [6.45, 7) is 16.5. The van der Waals surface area contributed by atoms with Crippen molar-refractivity contribution in [3.05, 3.63) is 51.7 Å². The molecule has 192 valence electrons. The Bertz CT molecular complexity index is 1110. The van der Waals surface area contributed by atoms with Gasteiger partial charge < -0.3 is 0 Å². The van der Waals surface area contributed by atoms with Gasteiger partial charge in [0.1, 0.15) is 0 Å². The molecule has 35 heavy (non-hydrogen) atoms. The van der Waals surface area contributed by atoms with Crippen molar-refractivity contribution < 1.29 is 0 Å². The predicted molar refractivity (Wildman–Crippen MR) is 161 cm³/mol. The standard InChI is InChI=1S/C32H46S3/c1-8-11-13-15-25-16-18-26(19-17-25)35(22-24(10-3)14-12-9-2)27-20-23(4)33-30(27)31-28(35)21-29(34-31)32(5,6)7/h16-21,24H,8-15,22H2,1-7H3. The molecule has 2 atom stereocenters. The van der Waals surface area contributed by atoms with E-state index in [1.165, 1.54) is 67.6 Å². The Kier molecular flexibility index (Phi) is 8.61. The molecule has 0 saturated carbocycles. The molecule has 0 spiro atoms. The zero-order valence-electron chi connectivity index (χ0n) is 23.1. The molecular weight excluding hydrogens is 481 g/mol. The molecule has 0 N–H and O–H groups in total. The molecule has 3 heterocycles. The zero-order valence-corrected chi connectivity index (χ0v) is 25.6. The van der Waals surface area contributed by atoms with Gasteiger partial charge in [0, 0.05) is 19.5 Å². The van der Waals surface area contributed by atoms with E-state index in [9.17, 15) is 0 Å². The molecule has 0 amide bonds. The van der Waals surface area contributed by atoms with Crippen LogP contribution in [0.4, 0.5) is 0 Å². The van der Waals surface area contributed by atoms with E-state index >= 15 is 0 Å². The summed E-state index contributed by atoms with van der Waals surface area (Å²) >= 11 is 4.12. The normalized spacial score (nSPS) is 19.9. The van der Waals surface area contributed by atoms with Gasteiger partial charge in [-0.2, -0.15) is 10.0 Å². The Labute approximate surface area is 224 Å². The van der Waals surface area contributed by atoms with Crippen LogP contribution in [0.1, 0.15) is 102 Å². The minimum atomic E-state index is -1.24. The summed E-state index contributed by atoms with van der Waals surface area (Å²) in [6.07, 6.45) is 10.4. The zero-order chi connectivity index (χ0) is 25.2. The molecule has 1 aliphatic heterocycles. The van der Waals surface area contributed by atoms with Gasteiger partial charge in [-0.1, -0.05) is 85.8 Å². The molecule has 0 nitrogen and oxygen atoms in total. The summed E-state index contributed by atoms with van der Waals surface area (Å²) < 4.78 is 0. The van der Waals surface area contributed by atoms with Gasteiger partial charge in [-0.25, -0.2) is 0 Å². The summed E-state index contributed by atoms with van der Waals surface area (Å²) in [6, 6.07) is 15.2. The molecule has 0 radical (unpaired) electrons. The highest BCUT2D eigenvalue weighted by atomic mass is 32.3. The van der Waals surface area contributed by atoms with Crippen LogP contribution in [-0.4, -0.2) is 5.75 Å². The lowest BCUT2D eigenvalue weighted by atomic mass is 9.95. The molecule has 2 unspecified atom stereocenters. The first kappa shape index (κ1) is 27.0. The Morgan fingerprint density at radius 3 is 2.11 bits per heavy atom. The van der Waals surface area contributed by atoms with E-state index in [1.807, 2.05) is 11.3 Å². The molecule has 0 aliphatic carbocycles. The second kappa shape index (κ2) is 11.2. The summed E-state index contributed by atoms with van der Waals surface area (Å²) in [4.78, 5) is 11.2. The number of thiophene rings is 2.